The average molecular weight is 402 g/mol. The number of benzene rings is 1. The maximum Gasteiger partial charge on any atom is 0.253 e. The van der Waals surface area contributed by atoms with Crippen molar-refractivity contribution in [1.82, 2.24) is 15.3 Å². The lowest BCUT2D eigenvalue weighted by atomic mass is 10.1. The number of rotatable bonds is 4. The number of fused-ring (bicyclic) bond motifs is 1. The number of carbonyl (C=O) groups is 1. The number of carbonyl (C=O) groups excluding carboxylic acids is 1. The molecule has 0 spiro atoms. The summed E-state index contributed by atoms with van der Waals surface area (Å²) in [7, 11) is 0. The topological polar surface area (TPSA) is 58.1 Å². The minimum atomic E-state index is -0.550. The summed E-state index contributed by atoms with van der Waals surface area (Å²) in [4.78, 5) is 25.5. The van der Waals surface area contributed by atoms with Gasteiger partial charge in [-0.1, -0.05) is 0 Å². The Hall–Kier alpha value is -2.61. The van der Waals surface area contributed by atoms with Gasteiger partial charge in [-0.15, -0.1) is 11.3 Å². The van der Waals surface area contributed by atoms with Gasteiger partial charge in [0.25, 0.3) is 5.91 Å². The van der Waals surface area contributed by atoms with Crippen molar-refractivity contribution in [3.05, 3.63) is 52.2 Å². The molecular weight excluding hydrogens is 382 g/mol. The maximum absolute atomic E-state index is 13.9. The monoisotopic (exact) mass is 402 g/mol. The van der Waals surface area contributed by atoms with Crippen molar-refractivity contribution < 1.29 is 13.6 Å². The van der Waals surface area contributed by atoms with E-state index in [1.165, 1.54) is 24.1 Å². The number of hydrogen-bond acceptors (Lipinski definition) is 5. The van der Waals surface area contributed by atoms with E-state index in [-0.39, 0.29) is 18.0 Å². The van der Waals surface area contributed by atoms with E-state index in [1.54, 1.807) is 0 Å². The average Bonchev–Trinajstić information content (AvgIpc) is 3.05. The molecule has 0 atom stereocenters. The summed E-state index contributed by atoms with van der Waals surface area (Å²) >= 11 is 1.44. The third kappa shape index (κ3) is 3.56. The number of amides is 1. The molecule has 0 bridgehead atoms. The van der Waals surface area contributed by atoms with Crippen LogP contribution >= 0.6 is 11.3 Å². The fourth-order valence-corrected chi connectivity index (χ4v) is 4.57. The first kappa shape index (κ1) is 18.7. The highest BCUT2D eigenvalue weighted by atomic mass is 32.1. The second-order valence-electron chi connectivity index (χ2n) is 6.88. The zero-order valence-corrected chi connectivity index (χ0v) is 16.3. The summed E-state index contributed by atoms with van der Waals surface area (Å²) in [5.41, 5.74) is 0.621. The molecule has 1 aliphatic rings. The maximum atomic E-state index is 13.9. The molecule has 1 aromatic carbocycles. The summed E-state index contributed by atoms with van der Waals surface area (Å²) in [5, 5.41) is 3.46. The highest BCUT2D eigenvalue weighted by Gasteiger charge is 2.24. The van der Waals surface area contributed by atoms with Gasteiger partial charge in [-0.05, 0) is 44.4 Å². The minimum absolute atomic E-state index is 0.0913. The third-order valence-electron chi connectivity index (χ3n) is 4.97. The van der Waals surface area contributed by atoms with E-state index >= 15 is 0 Å². The van der Waals surface area contributed by atoms with Crippen LogP contribution in [0.25, 0.3) is 10.2 Å². The van der Waals surface area contributed by atoms with Gasteiger partial charge in [-0.2, -0.15) is 0 Å². The summed E-state index contributed by atoms with van der Waals surface area (Å²) in [6.45, 7) is 3.57. The molecule has 2 aromatic heterocycles. The third-order valence-corrected chi connectivity index (χ3v) is 5.99. The van der Waals surface area contributed by atoms with Crippen LogP contribution in [0.4, 0.5) is 14.6 Å². The molecule has 0 aliphatic carbocycles. The first-order valence-electron chi connectivity index (χ1n) is 9.26. The smallest absolute Gasteiger partial charge is 0.253 e. The molecule has 8 heteroatoms. The first-order chi connectivity index (χ1) is 13.5. The number of halogens is 2. The van der Waals surface area contributed by atoms with Gasteiger partial charge in [0.2, 0.25) is 0 Å². The summed E-state index contributed by atoms with van der Waals surface area (Å²) < 4.78 is 27.2. The van der Waals surface area contributed by atoms with E-state index in [9.17, 15) is 13.6 Å². The van der Waals surface area contributed by atoms with Gasteiger partial charge in [0, 0.05) is 30.1 Å². The van der Waals surface area contributed by atoms with Gasteiger partial charge in [0.15, 0.2) is 0 Å². The Morgan fingerprint density at radius 3 is 2.79 bits per heavy atom. The number of piperidine rings is 1. The molecule has 0 unspecified atom stereocenters. The van der Waals surface area contributed by atoms with E-state index in [1.807, 2.05) is 6.92 Å². The van der Waals surface area contributed by atoms with Crippen LogP contribution in [0.15, 0.2) is 24.5 Å². The van der Waals surface area contributed by atoms with E-state index in [2.05, 4.69) is 20.2 Å². The Balaban J connectivity index is 1.66. The molecule has 4 rings (SSSR count). The number of nitrogens with zero attached hydrogens (tertiary/aromatic N) is 3. The number of hydrogen-bond donors (Lipinski definition) is 1. The van der Waals surface area contributed by atoms with Gasteiger partial charge in [0.05, 0.1) is 10.9 Å². The van der Waals surface area contributed by atoms with E-state index in [0.29, 0.717) is 5.56 Å². The van der Waals surface area contributed by atoms with Crippen molar-refractivity contribution in [3.63, 3.8) is 0 Å². The lowest BCUT2D eigenvalue weighted by Gasteiger charge is -2.28. The number of aromatic nitrogens is 2. The quantitative estimate of drug-likeness (QED) is 0.711. The molecular formula is C20H20F2N4OS. The van der Waals surface area contributed by atoms with Crippen LogP contribution in [-0.4, -0.2) is 29.0 Å². The lowest BCUT2D eigenvalue weighted by Crippen LogP contribution is -2.31. The second kappa shape index (κ2) is 7.79. The molecule has 1 saturated heterocycles. The Morgan fingerprint density at radius 2 is 2.00 bits per heavy atom. The summed E-state index contributed by atoms with van der Waals surface area (Å²) in [6.07, 6.45) is 4.91. The van der Waals surface area contributed by atoms with Crippen molar-refractivity contribution in [1.29, 1.82) is 0 Å². The van der Waals surface area contributed by atoms with Crippen LogP contribution < -0.4 is 10.2 Å². The zero-order valence-electron chi connectivity index (χ0n) is 15.5. The van der Waals surface area contributed by atoms with Crippen LogP contribution in [-0.2, 0) is 6.54 Å². The van der Waals surface area contributed by atoms with Gasteiger partial charge >= 0.3 is 0 Å². The highest BCUT2D eigenvalue weighted by molar-refractivity contribution is 7.19. The zero-order chi connectivity index (χ0) is 19.7. The Labute approximate surface area is 165 Å². The SMILES string of the molecule is Cc1sc2ncnc(N3CCCCC3)c2c1C(=O)NCc1cc(F)ccc1F. The number of anilines is 1. The summed E-state index contributed by atoms with van der Waals surface area (Å²) in [5.74, 6) is -0.647. The van der Waals surface area contributed by atoms with Gasteiger partial charge in [-0.25, -0.2) is 18.7 Å². The Bertz CT molecular complexity index is 1030. The predicted molar refractivity (Wildman–Crippen MR) is 106 cm³/mol. The molecule has 5 nitrogen and oxygen atoms in total. The number of aryl methyl sites for hydroxylation is 1. The van der Waals surface area contributed by atoms with Gasteiger partial charge in [-0.3, -0.25) is 4.79 Å². The highest BCUT2D eigenvalue weighted by Crippen LogP contribution is 2.35. The molecule has 28 heavy (non-hydrogen) atoms. The van der Waals surface area contributed by atoms with Gasteiger partial charge in [0.1, 0.15) is 28.6 Å². The van der Waals surface area contributed by atoms with Gasteiger partial charge < -0.3 is 10.2 Å². The fourth-order valence-electron chi connectivity index (χ4n) is 3.59. The number of nitrogens with one attached hydrogen (secondary N) is 1. The van der Waals surface area contributed by atoms with Crippen molar-refractivity contribution in [2.24, 2.45) is 0 Å². The van der Waals surface area contributed by atoms with Crippen molar-refractivity contribution in [2.75, 3.05) is 18.0 Å². The van der Waals surface area contributed by atoms with Crippen LogP contribution in [0.5, 0.6) is 0 Å². The molecule has 0 saturated carbocycles. The fraction of sp³-hybridized carbons (Fsp3) is 0.350. The van der Waals surface area contributed by atoms with Crippen molar-refractivity contribution in [2.45, 2.75) is 32.7 Å². The summed E-state index contributed by atoms with van der Waals surface area (Å²) in [6, 6.07) is 3.21. The molecule has 3 aromatic rings. The van der Waals surface area contributed by atoms with E-state index in [4.69, 9.17) is 0 Å². The van der Waals surface area contributed by atoms with E-state index in [0.717, 1.165) is 65.0 Å². The Morgan fingerprint density at radius 1 is 1.21 bits per heavy atom. The first-order valence-corrected chi connectivity index (χ1v) is 10.1. The van der Waals surface area contributed by atoms with Crippen molar-refractivity contribution in [3.8, 4) is 0 Å². The molecule has 146 valence electrons. The minimum Gasteiger partial charge on any atom is -0.356 e. The Kier molecular flexibility index (Phi) is 5.21. The second-order valence-corrected chi connectivity index (χ2v) is 8.08. The molecule has 1 aliphatic heterocycles. The molecule has 0 radical (unpaired) electrons. The van der Waals surface area contributed by atoms with Crippen LogP contribution in [0, 0.1) is 18.6 Å². The van der Waals surface area contributed by atoms with Crippen LogP contribution in [0.1, 0.15) is 40.1 Å². The van der Waals surface area contributed by atoms with Crippen molar-refractivity contribution >= 4 is 33.3 Å². The van der Waals surface area contributed by atoms with E-state index < -0.39 is 11.6 Å². The normalized spacial score (nSPS) is 14.5. The largest absolute Gasteiger partial charge is 0.356 e. The molecule has 1 amide bonds. The standard InChI is InChI=1S/C20H20F2N4OS/c1-12-16(19(27)23-10-13-9-14(21)5-6-15(13)22)17-18(24-11-25-20(17)28-12)26-7-3-2-4-8-26/h5-6,9,11H,2-4,7-8,10H2,1H3,(H,23,27). The predicted octanol–water partition coefficient (Wildman–Crippen LogP) is 4.20. The van der Waals surface area contributed by atoms with Crippen LogP contribution in [0.3, 0.4) is 0 Å². The number of thiophene rings is 1. The molecule has 1 fully saturated rings. The molecule has 1 N–H and O–H groups in total. The lowest BCUT2D eigenvalue weighted by molar-refractivity contribution is 0.0952. The van der Waals surface area contributed by atoms with Crippen LogP contribution in [0.2, 0.25) is 0 Å². The molecule has 3 heterocycles.